The van der Waals surface area contributed by atoms with Gasteiger partial charge in [-0.3, -0.25) is 14.2 Å². The summed E-state index contributed by atoms with van der Waals surface area (Å²) < 4.78 is 41.4. The minimum atomic E-state index is -4.57. The Labute approximate surface area is 151 Å². The van der Waals surface area contributed by atoms with E-state index in [1.54, 1.807) is 11.7 Å². The summed E-state index contributed by atoms with van der Waals surface area (Å²) in [5.74, 6) is -0.338. The van der Waals surface area contributed by atoms with E-state index in [-0.39, 0.29) is 22.6 Å². The maximum atomic E-state index is 12.9. The highest BCUT2D eigenvalue weighted by Gasteiger charge is 2.38. The lowest BCUT2D eigenvalue weighted by atomic mass is 10.2. The van der Waals surface area contributed by atoms with E-state index in [2.05, 4.69) is 26.1 Å². The fourth-order valence-electron chi connectivity index (χ4n) is 2.33. The minimum absolute atomic E-state index is 0.143. The van der Waals surface area contributed by atoms with Crippen LogP contribution in [0.5, 0.6) is 0 Å². The van der Waals surface area contributed by atoms with Gasteiger partial charge in [0.05, 0.1) is 15.9 Å². The average Bonchev–Trinajstić information content (AvgIpc) is 3.01. The largest absolute Gasteiger partial charge is 0.436 e. The van der Waals surface area contributed by atoms with Gasteiger partial charge in [-0.05, 0) is 36.7 Å². The average molecular weight is 422 g/mol. The zero-order chi connectivity index (χ0) is 18.9. The molecule has 0 fully saturated rings. The van der Waals surface area contributed by atoms with Gasteiger partial charge < -0.3 is 4.90 Å². The van der Waals surface area contributed by atoms with E-state index in [0.29, 0.717) is 6.54 Å². The first-order chi connectivity index (χ1) is 11.5. The SMILES string of the molecule is CCn1cc(CN(C)C(=O)Cn2nc(C(F)(F)F)c(Br)c2C)c(C)n1. The van der Waals surface area contributed by atoms with Crippen LogP contribution in [0.25, 0.3) is 0 Å². The summed E-state index contributed by atoms with van der Waals surface area (Å²) >= 11 is 2.90. The third-order valence-electron chi connectivity index (χ3n) is 3.89. The van der Waals surface area contributed by atoms with Gasteiger partial charge in [0.2, 0.25) is 5.91 Å². The first-order valence-corrected chi connectivity index (χ1v) is 8.40. The van der Waals surface area contributed by atoms with Crippen LogP contribution in [0.3, 0.4) is 0 Å². The molecule has 6 nitrogen and oxygen atoms in total. The number of hydrogen-bond donors (Lipinski definition) is 0. The third kappa shape index (κ3) is 4.23. The van der Waals surface area contributed by atoms with Crippen molar-refractivity contribution >= 4 is 21.8 Å². The van der Waals surface area contributed by atoms with E-state index >= 15 is 0 Å². The van der Waals surface area contributed by atoms with E-state index in [0.717, 1.165) is 22.5 Å². The Hall–Kier alpha value is -1.84. The molecule has 0 aliphatic heterocycles. The molecule has 2 heterocycles. The number of aromatic nitrogens is 4. The van der Waals surface area contributed by atoms with Crippen LogP contribution in [0.2, 0.25) is 0 Å². The number of aryl methyl sites for hydroxylation is 2. The molecule has 0 radical (unpaired) electrons. The van der Waals surface area contributed by atoms with Crippen molar-refractivity contribution in [2.45, 2.75) is 46.6 Å². The van der Waals surface area contributed by atoms with Gasteiger partial charge in [0.15, 0.2) is 5.69 Å². The molecule has 2 rings (SSSR count). The Morgan fingerprint density at radius 2 is 1.96 bits per heavy atom. The standard InChI is InChI=1S/C15H19BrF3N5O/c1-5-23-7-11(9(2)20-23)6-22(4)12(25)8-24-10(3)13(16)14(21-24)15(17,18)19/h7H,5-6,8H2,1-4H3. The number of rotatable bonds is 5. The van der Waals surface area contributed by atoms with E-state index in [1.807, 2.05) is 20.0 Å². The molecule has 0 atom stereocenters. The maximum Gasteiger partial charge on any atom is 0.436 e. The van der Waals surface area contributed by atoms with Crippen LogP contribution in [0.15, 0.2) is 10.7 Å². The van der Waals surface area contributed by atoms with Gasteiger partial charge in [0.25, 0.3) is 0 Å². The Kier molecular flexibility index (Phi) is 5.60. The quantitative estimate of drug-likeness (QED) is 0.744. The zero-order valence-corrected chi connectivity index (χ0v) is 15.9. The third-order valence-corrected chi connectivity index (χ3v) is 4.84. The van der Waals surface area contributed by atoms with Crippen molar-refractivity contribution in [3.05, 3.63) is 33.3 Å². The summed E-state index contributed by atoms with van der Waals surface area (Å²) in [7, 11) is 1.60. The summed E-state index contributed by atoms with van der Waals surface area (Å²) in [6, 6.07) is 0. The van der Waals surface area contributed by atoms with E-state index in [9.17, 15) is 18.0 Å². The van der Waals surface area contributed by atoms with Gasteiger partial charge in [0.1, 0.15) is 6.54 Å². The van der Waals surface area contributed by atoms with Crippen LogP contribution in [0, 0.1) is 13.8 Å². The van der Waals surface area contributed by atoms with Gasteiger partial charge >= 0.3 is 6.18 Å². The molecule has 0 saturated heterocycles. The van der Waals surface area contributed by atoms with E-state index in [4.69, 9.17) is 0 Å². The van der Waals surface area contributed by atoms with Crippen LogP contribution in [0.4, 0.5) is 13.2 Å². The van der Waals surface area contributed by atoms with Crippen molar-refractivity contribution in [3.8, 4) is 0 Å². The smallest absolute Gasteiger partial charge is 0.340 e. The van der Waals surface area contributed by atoms with E-state index in [1.165, 1.54) is 11.8 Å². The summed E-state index contributed by atoms with van der Waals surface area (Å²) in [5.41, 5.74) is 0.940. The predicted octanol–water partition coefficient (Wildman–Crippen LogP) is 3.16. The molecule has 138 valence electrons. The molecular weight excluding hydrogens is 403 g/mol. The van der Waals surface area contributed by atoms with Crippen molar-refractivity contribution in [2.75, 3.05) is 7.05 Å². The van der Waals surface area contributed by atoms with E-state index < -0.39 is 11.9 Å². The minimum Gasteiger partial charge on any atom is -0.340 e. The van der Waals surface area contributed by atoms with Crippen LogP contribution in [0.1, 0.15) is 29.6 Å². The number of halogens is 4. The van der Waals surface area contributed by atoms with Crippen LogP contribution >= 0.6 is 15.9 Å². The number of amides is 1. The summed E-state index contributed by atoms with van der Waals surface area (Å²) in [5, 5.41) is 7.84. The second kappa shape index (κ2) is 7.19. The first kappa shape index (κ1) is 19.5. The number of carbonyl (C=O) groups excluding carboxylic acids is 1. The number of likely N-dealkylation sites (N-methyl/N-ethyl adjacent to an activating group) is 1. The summed E-state index contributed by atoms with van der Waals surface area (Å²) in [6.45, 7) is 6.08. The fourth-order valence-corrected chi connectivity index (χ4v) is 2.84. The predicted molar refractivity (Wildman–Crippen MR) is 88.8 cm³/mol. The van der Waals surface area contributed by atoms with Crippen molar-refractivity contribution < 1.29 is 18.0 Å². The van der Waals surface area contributed by atoms with Crippen LogP contribution < -0.4 is 0 Å². The second-order valence-corrected chi connectivity index (χ2v) is 6.54. The molecule has 0 saturated carbocycles. The maximum absolute atomic E-state index is 12.9. The molecule has 0 spiro atoms. The second-order valence-electron chi connectivity index (χ2n) is 5.75. The molecule has 0 bridgehead atoms. The Balaban J connectivity index is 2.12. The Morgan fingerprint density at radius 3 is 2.44 bits per heavy atom. The molecule has 10 heteroatoms. The molecule has 25 heavy (non-hydrogen) atoms. The van der Waals surface area contributed by atoms with Crippen LogP contribution in [-0.2, 0) is 30.6 Å². The Morgan fingerprint density at radius 1 is 1.32 bits per heavy atom. The van der Waals surface area contributed by atoms with Crippen molar-refractivity contribution in [3.63, 3.8) is 0 Å². The highest BCUT2D eigenvalue weighted by molar-refractivity contribution is 9.10. The molecule has 0 aliphatic rings. The van der Waals surface area contributed by atoms with Gasteiger partial charge in [-0.25, -0.2) is 0 Å². The monoisotopic (exact) mass is 421 g/mol. The lowest BCUT2D eigenvalue weighted by molar-refractivity contribution is -0.142. The van der Waals surface area contributed by atoms with Crippen molar-refractivity contribution in [1.82, 2.24) is 24.5 Å². The lowest BCUT2D eigenvalue weighted by Gasteiger charge is -2.17. The highest BCUT2D eigenvalue weighted by Crippen LogP contribution is 2.35. The topological polar surface area (TPSA) is 56.0 Å². The molecule has 0 N–H and O–H groups in total. The number of alkyl halides is 3. The normalized spacial score (nSPS) is 11.8. The number of nitrogens with zero attached hydrogens (tertiary/aromatic N) is 5. The van der Waals surface area contributed by atoms with Gasteiger partial charge in [-0.15, -0.1) is 0 Å². The number of hydrogen-bond acceptors (Lipinski definition) is 3. The molecule has 2 aromatic heterocycles. The fraction of sp³-hybridized carbons (Fsp3) is 0.533. The van der Waals surface area contributed by atoms with Crippen LogP contribution in [-0.4, -0.2) is 37.4 Å². The first-order valence-electron chi connectivity index (χ1n) is 7.61. The summed E-state index contributed by atoms with van der Waals surface area (Å²) in [6.07, 6.45) is -2.72. The van der Waals surface area contributed by atoms with Crippen molar-refractivity contribution in [1.29, 1.82) is 0 Å². The molecule has 0 aromatic carbocycles. The van der Waals surface area contributed by atoms with Gasteiger partial charge in [-0.2, -0.15) is 23.4 Å². The lowest BCUT2D eigenvalue weighted by Crippen LogP contribution is -2.30. The molecule has 0 unspecified atom stereocenters. The Bertz CT molecular complexity index is 781. The molecule has 1 amide bonds. The zero-order valence-electron chi connectivity index (χ0n) is 14.4. The molecule has 0 aliphatic carbocycles. The van der Waals surface area contributed by atoms with Gasteiger partial charge in [-0.1, -0.05) is 0 Å². The molecule has 2 aromatic rings. The van der Waals surface area contributed by atoms with Crippen molar-refractivity contribution in [2.24, 2.45) is 0 Å². The van der Waals surface area contributed by atoms with Gasteiger partial charge in [0, 0.05) is 31.9 Å². The molecular formula is C15H19BrF3N5O. The highest BCUT2D eigenvalue weighted by atomic mass is 79.9. The summed E-state index contributed by atoms with van der Waals surface area (Å²) in [4.78, 5) is 13.8. The number of carbonyl (C=O) groups is 1.